The number of nitrogens with one attached hydrogen (secondary N) is 1. The van der Waals surface area contributed by atoms with Gasteiger partial charge in [0, 0.05) is 38.1 Å². The second kappa shape index (κ2) is 5.40. The number of pyridine rings is 1. The molecule has 2 rings (SSSR count). The van der Waals surface area contributed by atoms with E-state index in [2.05, 4.69) is 10.3 Å². The van der Waals surface area contributed by atoms with E-state index in [1.165, 1.54) is 16.4 Å². The van der Waals surface area contributed by atoms with E-state index in [9.17, 15) is 16.8 Å². The summed E-state index contributed by atoms with van der Waals surface area (Å²) >= 11 is 0. The van der Waals surface area contributed by atoms with Crippen LogP contribution in [0.2, 0.25) is 0 Å². The molecule has 0 amide bonds. The van der Waals surface area contributed by atoms with Gasteiger partial charge in [-0.05, 0) is 19.1 Å². The summed E-state index contributed by atoms with van der Waals surface area (Å²) in [7, 11) is -7.07. The minimum absolute atomic E-state index is 0.0126. The highest BCUT2D eigenvalue weighted by atomic mass is 32.2. The lowest BCUT2D eigenvalue weighted by atomic mass is 10.3. The van der Waals surface area contributed by atoms with Crippen LogP contribution >= 0.6 is 0 Å². The standard InChI is InChI=1S/C11H17N3O4S2/c1-9-7-12-5-6-14(9)20(17,18)10-3-4-11(13-8-10)19(2,15)16/h3-4,8-9,12H,5-7H2,1-2H3/t9-/m0/s1. The lowest BCUT2D eigenvalue weighted by molar-refractivity contribution is 0.284. The van der Waals surface area contributed by atoms with Gasteiger partial charge < -0.3 is 5.32 Å². The fraction of sp³-hybridized carbons (Fsp3) is 0.545. The van der Waals surface area contributed by atoms with Crippen LogP contribution < -0.4 is 5.32 Å². The lowest BCUT2D eigenvalue weighted by Gasteiger charge is -2.32. The Balaban J connectivity index is 2.35. The van der Waals surface area contributed by atoms with Crippen LogP contribution in [0.1, 0.15) is 6.92 Å². The summed E-state index contributed by atoms with van der Waals surface area (Å²) in [5.41, 5.74) is 0. The van der Waals surface area contributed by atoms with Crippen LogP contribution in [0.5, 0.6) is 0 Å². The molecule has 9 heteroatoms. The van der Waals surface area contributed by atoms with Gasteiger partial charge in [0.1, 0.15) is 4.90 Å². The van der Waals surface area contributed by atoms with Gasteiger partial charge in [-0.15, -0.1) is 0 Å². The van der Waals surface area contributed by atoms with E-state index < -0.39 is 19.9 Å². The van der Waals surface area contributed by atoms with Crippen molar-refractivity contribution in [3.8, 4) is 0 Å². The van der Waals surface area contributed by atoms with Gasteiger partial charge >= 0.3 is 0 Å². The molecule has 112 valence electrons. The highest BCUT2D eigenvalue weighted by Crippen LogP contribution is 2.19. The third-order valence-electron chi connectivity index (χ3n) is 3.14. The molecule has 1 fully saturated rings. The molecule has 0 aromatic carbocycles. The summed E-state index contributed by atoms with van der Waals surface area (Å²) in [6.07, 6.45) is 2.13. The smallest absolute Gasteiger partial charge is 0.244 e. The molecule has 0 unspecified atom stereocenters. The summed E-state index contributed by atoms with van der Waals surface area (Å²) < 4.78 is 49.0. The number of aromatic nitrogens is 1. The molecule has 1 aliphatic rings. The van der Waals surface area contributed by atoms with Gasteiger partial charge in [-0.2, -0.15) is 4.31 Å². The molecule has 7 nitrogen and oxygen atoms in total. The van der Waals surface area contributed by atoms with Gasteiger partial charge in [0.05, 0.1) is 0 Å². The van der Waals surface area contributed by atoms with Crippen LogP contribution in [0.4, 0.5) is 0 Å². The topological polar surface area (TPSA) is 96.4 Å². The predicted octanol–water partition coefficient (Wildman–Crippen LogP) is -0.532. The van der Waals surface area contributed by atoms with Crippen molar-refractivity contribution in [3.63, 3.8) is 0 Å². The van der Waals surface area contributed by atoms with Gasteiger partial charge in [-0.3, -0.25) is 0 Å². The van der Waals surface area contributed by atoms with E-state index in [4.69, 9.17) is 0 Å². The van der Waals surface area contributed by atoms with Gasteiger partial charge in [-0.1, -0.05) is 0 Å². The van der Waals surface area contributed by atoms with E-state index in [-0.39, 0.29) is 16.0 Å². The van der Waals surface area contributed by atoms with Crippen molar-refractivity contribution in [1.82, 2.24) is 14.6 Å². The van der Waals surface area contributed by atoms with Gasteiger partial charge in [0.2, 0.25) is 10.0 Å². The Hall–Kier alpha value is -1.03. The number of rotatable bonds is 3. The maximum Gasteiger partial charge on any atom is 0.244 e. The Bertz CT molecular complexity index is 683. The summed E-state index contributed by atoms with van der Waals surface area (Å²) in [5, 5.41) is 2.98. The van der Waals surface area contributed by atoms with E-state index >= 15 is 0 Å². The minimum Gasteiger partial charge on any atom is -0.314 e. The number of piperazine rings is 1. The van der Waals surface area contributed by atoms with Crippen LogP contribution in [0.3, 0.4) is 0 Å². The Kier molecular flexibility index (Phi) is 4.14. The third-order valence-corrected chi connectivity index (χ3v) is 6.13. The number of nitrogens with zero attached hydrogens (tertiary/aromatic N) is 2. The fourth-order valence-corrected chi connectivity index (χ4v) is 4.19. The highest BCUT2D eigenvalue weighted by Gasteiger charge is 2.31. The monoisotopic (exact) mass is 319 g/mol. The van der Waals surface area contributed by atoms with E-state index in [0.717, 1.165) is 12.5 Å². The first-order valence-electron chi connectivity index (χ1n) is 6.11. The molecular formula is C11H17N3O4S2. The Morgan fingerprint density at radius 2 is 2.00 bits per heavy atom. The highest BCUT2D eigenvalue weighted by molar-refractivity contribution is 7.90. The van der Waals surface area contributed by atoms with Crippen LogP contribution in [-0.4, -0.2) is 58.1 Å². The van der Waals surface area contributed by atoms with Crippen molar-refractivity contribution in [2.75, 3.05) is 25.9 Å². The second-order valence-corrected chi connectivity index (χ2v) is 8.63. The average molecular weight is 319 g/mol. The number of sulfone groups is 1. The van der Waals surface area contributed by atoms with E-state index in [1.807, 2.05) is 6.92 Å². The predicted molar refractivity (Wildman–Crippen MR) is 73.6 cm³/mol. The zero-order valence-electron chi connectivity index (χ0n) is 11.3. The van der Waals surface area contributed by atoms with E-state index in [1.54, 1.807) is 0 Å². The molecule has 1 atom stereocenters. The molecule has 1 N–H and O–H groups in total. The molecule has 0 saturated carbocycles. The van der Waals surface area contributed by atoms with Crippen LogP contribution in [0.25, 0.3) is 0 Å². The van der Waals surface area contributed by atoms with E-state index in [0.29, 0.717) is 19.6 Å². The summed E-state index contributed by atoms with van der Waals surface area (Å²) in [6, 6.07) is 2.35. The van der Waals surface area contributed by atoms with Gasteiger partial charge in [0.25, 0.3) is 0 Å². The third kappa shape index (κ3) is 3.00. The molecular weight excluding hydrogens is 302 g/mol. The number of hydrogen-bond donors (Lipinski definition) is 1. The zero-order chi connectivity index (χ0) is 15.0. The van der Waals surface area contributed by atoms with Crippen molar-refractivity contribution >= 4 is 19.9 Å². The SMILES string of the molecule is C[C@H]1CNCCN1S(=O)(=O)c1ccc(S(C)(=O)=O)nc1. The maximum absolute atomic E-state index is 12.5. The summed E-state index contributed by atoms with van der Waals surface area (Å²) in [5.74, 6) is 0. The zero-order valence-corrected chi connectivity index (χ0v) is 12.9. The molecule has 0 radical (unpaired) electrons. The first-order chi connectivity index (χ1) is 9.23. The molecule has 20 heavy (non-hydrogen) atoms. The first-order valence-corrected chi connectivity index (χ1v) is 9.45. The quantitative estimate of drug-likeness (QED) is 0.804. The maximum atomic E-state index is 12.5. The Labute approximate surface area is 119 Å². The molecule has 2 heterocycles. The molecule has 1 aromatic heterocycles. The minimum atomic E-state index is -3.64. The molecule has 1 aliphatic heterocycles. The van der Waals surface area contributed by atoms with Crippen molar-refractivity contribution in [3.05, 3.63) is 18.3 Å². The second-order valence-electron chi connectivity index (χ2n) is 4.77. The van der Waals surface area contributed by atoms with Crippen molar-refractivity contribution in [2.24, 2.45) is 0 Å². The molecule has 0 spiro atoms. The normalized spacial score (nSPS) is 21.8. The first kappa shape index (κ1) is 15.4. The average Bonchev–Trinajstić information content (AvgIpc) is 2.38. The van der Waals surface area contributed by atoms with Crippen LogP contribution in [0.15, 0.2) is 28.3 Å². The molecule has 0 aliphatic carbocycles. The molecule has 0 bridgehead atoms. The largest absolute Gasteiger partial charge is 0.314 e. The fourth-order valence-electron chi connectivity index (χ4n) is 2.05. The van der Waals surface area contributed by atoms with Crippen molar-refractivity contribution in [2.45, 2.75) is 22.9 Å². The number of hydrogen-bond acceptors (Lipinski definition) is 6. The Morgan fingerprint density at radius 3 is 2.50 bits per heavy atom. The number of sulfonamides is 1. The molecule has 1 saturated heterocycles. The van der Waals surface area contributed by atoms with Gasteiger partial charge in [-0.25, -0.2) is 21.8 Å². The van der Waals surface area contributed by atoms with Crippen LogP contribution in [0, 0.1) is 0 Å². The summed E-state index contributed by atoms with van der Waals surface area (Å²) in [4.78, 5) is 3.74. The lowest BCUT2D eigenvalue weighted by Crippen LogP contribution is -2.52. The summed E-state index contributed by atoms with van der Waals surface area (Å²) in [6.45, 7) is 3.39. The van der Waals surface area contributed by atoms with Gasteiger partial charge in [0.15, 0.2) is 14.9 Å². The Morgan fingerprint density at radius 1 is 1.30 bits per heavy atom. The van der Waals surface area contributed by atoms with Crippen LogP contribution in [-0.2, 0) is 19.9 Å². The molecule has 1 aromatic rings. The van der Waals surface area contributed by atoms with Crippen molar-refractivity contribution < 1.29 is 16.8 Å². The van der Waals surface area contributed by atoms with Crippen molar-refractivity contribution in [1.29, 1.82) is 0 Å².